The van der Waals surface area contributed by atoms with Gasteiger partial charge in [-0.15, -0.1) is 0 Å². The number of aliphatic hydroxyl groups is 5. The Labute approximate surface area is 459 Å². The summed E-state index contributed by atoms with van der Waals surface area (Å²) in [5.41, 5.74) is 0. The van der Waals surface area contributed by atoms with Crippen LogP contribution in [0.5, 0.6) is 0 Å². The van der Waals surface area contributed by atoms with E-state index >= 15 is 0 Å². The molecule has 0 aromatic rings. The van der Waals surface area contributed by atoms with Gasteiger partial charge in [0.1, 0.15) is 24.4 Å². The highest BCUT2D eigenvalue weighted by molar-refractivity contribution is 5.80. The first kappa shape index (κ1) is 70.6. The molecule has 75 heavy (non-hydrogen) atoms. The summed E-state index contributed by atoms with van der Waals surface area (Å²) in [5, 5.41) is 56.9. The molecule has 0 aromatic heterocycles. The van der Waals surface area contributed by atoms with Crippen LogP contribution >= 0.6 is 0 Å². The number of allylic oxidation sites excluding steroid dienone is 7. The van der Waals surface area contributed by atoms with Crippen molar-refractivity contribution in [2.24, 2.45) is 0 Å². The van der Waals surface area contributed by atoms with Crippen LogP contribution in [0.25, 0.3) is 0 Å². The molecule has 1 rings (SSSR count). The summed E-state index contributed by atoms with van der Waals surface area (Å²) in [7, 11) is 0. The molecule has 1 amide bonds. The third kappa shape index (κ3) is 40.5. The minimum atomic E-state index is -1.61. The number of amides is 1. The lowest BCUT2D eigenvalue weighted by Crippen LogP contribution is -2.61. The van der Waals surface area contributed by atoms with Crippen LogP contribution in [-0.4, -0.2) is 99.6 Å². The van der Waals surface area contributed by atoms with Gasteiger partial charge in [0.2, 0.25) is 5.91 Å². The molecule has 1 fully saturated rings. The number of hydrogen-bond donors (Lipinski definition) is 6. The number of nitrogens with one attached hydrogen (secondary N) is 1. The highest BCUT2D eigenvalue weighted by Gasteiger charge is 2.47. The van der Waals surface area contributed by atoms with Gasteiger partial charge in [0.25, 0.3) is 0 Å². The van der Waals surface area contributed by atoms with E-state index in [1.54, 1.807) is 6.08 Å². The summed E-state index contributed by atoms with van der Waals surface area (Å²) in [4.78, 5) is 26.5. The number of carbonyl (C=O) groups is 2. The molecule has 0 spiro atoms. The maximum absolute atomic E-state index is 13.4. The normalized spacial score (nSPS) is 19.5. The van der Waals surface area contributed by atoms with Crippen molar-refractivity contribution in [3.8, 4) is 0 Å². The van der Waals surface area contributed by atoms with Crippen molar-refractivity contribution >= 4 is 11.9 Å². The molecule has 0 saturated carbocycles. The van der Waals surface area contributed by atoms with Crippen LogP contribution < -0.4 is 5.32 Å². The van der Waals surface area contributed by atoms with Crippen molar-refractivity contribution in [1.82, 2.24) is 5.32 Å². The van der Waals surface area contributed by atoms with E-state index in [4.69, 9.17) is 14.2 Å². The second-order valence-electron chi connectivity index (χ2n) is 21.8. The van der Waals surface area contributed by atoms with Gasteiger partial charge in [0, 0.05) is 6.42 Å². The molecular formula is C64H117NO10. The smallest absolute Gasteiger partial charge is 0.306 e. The van der Waals surface area contributed by atoms with Crippen LogP contribution in [0, 0.1) is 0 Å². The van der Waals surface area contributed by atoms with Crippen molar-refractivity contribution in [2.45, 2.75) is 333 Å². The molecule has 1 aliphatic heterocycles. The van der Waals surface area contributed by atoms with E-state index in [0.29, 0.717) is 12.8 Å². The third-order valence-corrected chi connectivity index (χ3v) is 14.8. The topological polar surface area (TPSA) is 175 Å². The first-order valence-electron chi connectivity index (χ1n) is 31.4. The maximum atomic E-state index is 13.4. The molecule has 0 aromatic carbocycles. The number of rotatable bonds is 53. The van der Waals surface area contributed by atoms with Gasteiger partial charge in [0.05, 0.1) is 25.4 Å². The Morgan fingerprint density at radius 3 is 1.43 bits per heavy atom. The van der Waals surface area contributed by atoms with Crippen molar-refractivity contribution in [3.05, 3.63) is 48.6 Å². The molecule has 8 atom stereocenters. The van der Waals surface area contributed by atoms with Crippen LogP contribution in [0.3, 0.4) is 0 Å². The Morgan fingerprint density at radius 1 is 0.533 bits per heavy atom. The lowest BCUT2D eigenvalue weighted by Gasteiger charge is -2.41. The minimum absolute atomic E-state index is 0.125. The minimum Gasteiger partial charge on any atom is -0.454 e. The fourth-order valence-electron chi connectivity index (χ4n) is 9.83. The molecule has 0 bridgehead atoms. The van der Waals surface area contributed by atoms with Crippen molar-refractivity contribution < 1.29 is 49.3 Å². The van der Waals surface area contributed by atoms with Crippen LogP contribution in [0.15, 0.2) is 48.6 Å². The molecule has 1 aliphatic rings. The summed E-state index contributed by atoms with van der Waals surface area (Å²) in [6, 6.07) is -1.03. The summed E-state index contributed by atoms with van der Waals surface area (Å²) in [5.74, 6) is -1.21. The van der Waals surface area contributed by atoms with E-state index in [0.717, 1.165) is 70.6 Å². The largest absolute Gasteiger partial charge is 0.454 e. The fraction of sp³-hybridized carbons (Fsp3) is 0.844. The first-order valence-corrected chi connectivity index (χ1v) is 31.4. The zero-order chi connectivity index (χ0) is 54.7. The maximum Gasteiger partial charge on any atom is 0.306 e. The molecule has 11 heteroatoms. The highest BCUT2D eigenvalue weighted by Crippen LogP contribution is 2.26. The van der Waals surface area contributed by atoms with Crippen LogP contribution in [-0.2, 0) is 23.8 Å². The van der Waals surface area contributed by atoms with Crippen molar-refractivity contribution in [3.63, 3.8) is 0 Å². The number of unbranched alkanes of at least 4 members (excludes halogenated alkanes) is 35. The van der Waals surface area contributed by atoms with Gasteiger partial charge >= 0.3 is 5.97 Å². The third-order valence-electron chi connectivity index (χ3n) is 14.8. The number of hydrogen-bond acceptors (Lipinski definition) is 10. The SMILES string of the molecule is CC/C=C/C=C/C=C\CCCCCCC(O)C(=O)NC(COC1OC(CO)C(O)C(O)C1OC(=O)CCCCCCCCCCCCCCCCCCCCCCC)C(O)/C=C/CCCCCCCCCCCCC. The molecule has 0 radical (unpaired) electrons. The lowest BCUT2D eigenvalue weighted by molar-refractivity contribution is -0.305. The van der Waals surface area contributed by atoms with Gasteiger partial charge in [-0.3, -0.25) is 9.59 Å². The van der Waals surface area contributed by atoms with Gasteiger partial charge in [-0.2, -0.15) is 0 Å². The van der Waals surface area contributed by atoms with Crippen molar-refractivity contribution in [1.29, 1.82) is 0 Å². The van der Waals surface area contributed by atoms with Gasteiger partial charge in [-0.05, 0) is 44.9 Å². The second-order valence-corrected chi connectivity index (χ2v) is 21.8. The molecular weight excluding hydrogens is 943 g/mol. The van der Waals surface area contributed by atoms with Crippen LogP contribution in [0.4, 0.5) is 0 Å². The highest BCUT2D eigenvalue weighted by atomic mass is 16.7. The Hall–Kier alpha value is -2.38. The average Bonchev–Trinajstić information content (AvgIpc) is 3.41. The zero-order valence-corrected chi connectivity index (χ0v) is 48.4. The number of aliphatic hydroxyl groups excluding tert-OH is 5. The molecule has 11 nitrogen and oxygen atoms in total. The number of ether oxygens (including phenoxy) is 3. The Kier molecular flexibility index (Phi) is 49.3. The van der Waals surface area contributed by atoms with E-state index in [1.807, 2.05) is 30.4 Å². The zero-order valence-electron chi connectivity index (χ0n) is 48.4. The standard InChI is InChI=1S/C64H117NO10/c1-4-7-10-13-16-19-22-25-26-27-28-29-30-31-32-34-37-40-43-46-49-52-59(69)75-62-61(71)60(70)58(53-66)74-64(62)73-54-55(56(67)50-47-44-41-38-36-33-23-20-17-14-11-8-5-2)65-63(72)57(68)51-48-45-42-39-35-24-21-18-15-12-9-6-3/h9,12,15,18,21,24,47,50,55-58,60-62,64,66-68,70-71H,4-8,10-11,13-14,16-17,19-20,22-23,25-46,48-49,51-54H2,1-3H3,(H,65,72)/b12-9+,18-15+,24-21-,50-47+. The van der Waals surface area contributed by atoms with Gasteiger partial charge in [0.15, 0.2) is 12.4 Å². The number of esters is 1. The first-order chi connectivity index (χ1) is 36.7. The molecule has 438 valence electrons. The van der Waals surface area contributed by atoms with E-state index < -0.39 is 67.4 Å². The lowest BCUT2D eigenvalue weighted by atomic mass is 9.99. The summed E-state index contributed by atoms with van der Waals surface area (Å²) < 4.78 is 17.6. The van der Waals surface area contributed by atoms with Crippen molar-refractivity contribution in [2.75, 3.05) is 13.2 Å². The Bertz CT molecular complexity index is 1400. The summed E-state index contributed by atoms with van der Waals surface area (Å²) in [6.45, 7) is 5.66. The van der Waals surface area contributed by atoms with Crippen LogP contribution in [0.2, 0.25) is 0 Å². The van der Waals surface area contributed by atoms with E-state index in [9.17, 15) is 35.1 Å². The Balaban J connectivity index is 2.64. The Morgan fingerprint density at radius 2 is 0.960 bits per heavy atom. The van der Waals surface area contributed by atoms with Crippen LogP contribution in [0.1, 0.15) is 284 Å². The average molecular weight is 1060 g/mol. The fourth-order valence-corrected chi connectivity index (χ4v) is 9.83. The van der Waals surface area contributed by atoms with Gasteiger partial charge in [-0.1, -0.05) is 281 Å². The summed E-state index contributed by atoms with van der Waals surface area (Å²) in [6.07, 6.45) is 53.0. The monoisotopic (exact) mass is 1060 g/mol. The molecule has 8 unspecified atom stereocenters. The van der Waals surface area contributed by atoms with E-state index in [-0.39, 0.29) is 19.4 Å². The second kappa shape index (κ2) is 52.3. The molecule has 1 heterocycles. The molecule has 0 aliphatic carbocycles. The summed E-state index contributed by atoms with van der Waals surface area (Å²) >= 11 is 0. The predicted molar refractivity (Wildman–Crippen MR) is 310 cm³/mol. The van der Waals surface area contributed by atoms with Gasteiger partial charge < -0.3 is 45.1 Å². The van der Waals surface area contributed by atoms with E-state index in [2.05, 4.69) is 38.2 Å². The quantitative estimate of drug-likeness (QED) is 0.0149. The predicted octanol–water partition coefficient (Wildman–Crippen LogP) is 14.8. The molecule has 6 N–H and O–H groups in total. The number of carbonyl (C=O) groups excluding carboxylic acids is 2. The van der Waals surface area contributed by atoms with E-state index in [1.165, 1.54) is 167 Å². The molecule has 1 saturated heterocycles. The van der Waals surface area contributed by atoms with Gasteiger partial charge in [-0.25, -0.2) is 0 Å².